The summed E-state index contributed by atoms with van der Waals surface area (Å²) in [6.45, 7) is -0.0837. The van der Waals surface area contributed by atoms with Crippen molar-refractivity contribution in [3.8, 4) is 6.07 Å². The van der Waals surface area contributed by atoms with Crippen molar-refractivity contribution in [3.05, 3.63) is 0 Å². The van der Waals surface area contributed by atoms with Gasteiger partial charge in [0.1, 0.15) is 18.7 Å². The molecule has 2 saturated heterocycles. The Hall–Kier alpha value is -2.39. The summed E-state index contributed by atoms with van der Waals surface area (Å²) in [7, 11) is -3.70. The minimum atomic E-state index is -3.70. The van der Waals surface area contributed by atoms with Gasteiger partial charge in [-0.3, -0.25) is 19.2 Å². The number of nitriles is 1. The Kier molecular flexibility index (Phi) is 5.49. The molecule has 1 aliphatic carbocycles. The minimum Gasteiger partial charge on any atom is -0.465 e. The maximum absolute atomic E-state index is 12.9. The van der Waals surface area contributed by atoms with E-state index in [0.717, 1.165) is 11.2 Å². The highest BCUT2D eigenvalue weighted by atomic mass is 32.2. The summed E-state index contributed by atoms with van der Waals surface area (Å²) in [6.07, 6.45) is 1.09. The number of piperidine rings is 1. The summed E-state index contributed by atoms with van der Waals surface area (Å²) in [4.78, 5) is 38.9. The molecule has 0 spiro atoms. The van der Waals surface area contributed by atoms with Crippen molar-refractivity contribution < 1.29 is 32.6 Å². The number of ether oxygens (including phenoxy) is 1. The van der Waals surface area contributed by atoms with Crippen LogP contribution in [0.4, 0.5) is 4.79 Å². The lowest BCUT2D eigenvalue weighted by Crippen LogP contribution is -2.57. The molecule has 0 unspecified atom stereocenters. The molecule has 2 N–H and O–H groups in total. The molecule has 2 bridgehead atoms. The third kappa shape index (κ3) is 3.90. The number of carbonyl (C=O) groups excluding carboxylic acids is 2. The van der Waals surface area contributed by atoms with Crippen molar-refractivity contribution >= 4 is 27.9 Å². The number of hydrogen-bond donors (Lipinski definition) is 2. The standard InChI is InChI=1S/C16H22N4O7S/c1-28(25,26)18-13(21)8-27-12-6-9-5-11(12)20(16(23)24)14(9)15(22)19-4-2-3-10(19)7-17/h9-12,14H,2-6,8H2,1H3,(H,18,21)(H,23,24)/t9-,10-,11+,12+,14-/m0/s1. The third-order valence-electron chi connectivity index (χ3n) is 5.50. The number of fused-ring (bicyclic) bond motifs is 2. The molecular weight excluding hydrogens is 392 g/mol. The number of nitrogens with one attached hydrogen (secondary N) is 1. The molecule has 1 saturated carbocycles. The maximum atomic E-state index is 12.9. The molecule has 154 valence electrons. The van der Waals surface area contributed by atoms with Crippen molar-refractivity contribution in [3.63, 3.8) is 0 Å². The summed E-state index contributed by atoms with van der Waals surface area (Å²) >= 11 is 0. The lowest BCUT2D eigenvalue weighted by atomic mass is 9.96. The summed E-state index contributed by atoms with van der Waals surface area (Å²) in [5, 5.41) is 18.8. The van der Waals surface area contributed by atoms with Crippen LogP contribution in [0.1, 0.15) is 25.7 Å². The molecule has 28 heavy (non-hydrogen) atoms. The fourth-order valence-electron chi connectivity index (χ4n) is 4.51. The zero-order chi connectivity index (χ0) is 20.6. The smallest absolute Gasteiger partial charge is 0.408 e. The van der Waals surface area contributed by atoms with Gasteiger partial charge in [-0.15, -0.1) is 0 Å². The van der Waals surface area contributed by atoms with Crippen LogP contribution in [0.5, 0.6) is 0 Å². The third-order valence-corrected chi connectivity index (χ3v) is 6.10. The van der Waals surface area contributed by atoms with E-state index in [0.29, 0.717) is 32.2 Å². The van der Waals surface area contributed by atoms with Crippen molar-refractivity contribution in [1.29, 1.82) is 5.26 Å². The van der Waals surface area contributed by atoms with Gasteiger partial charge in [-0.1, -0.05) is 0 Å². The second-order valence-electron chi connectivity index (χ2n) is 7.40. The zero-order valence-electron chi connectivity index (χ0n) is 15.3. The quantitative estimate of drug-likeness (QED) is 0.586. The molecule has 11 nitrogen and oxygen atoms in total. The molecule has 3 rings (SSSR count). The Balaban J connectivity index is 1.67. The lowest BCUT2D eigenvalue weighted by molar-refractivity contribution is -0.141. The number of nitrogens with zero attached hydrogens (tertiary/aromatic N) is 3. The fraction of sp³-hybridized carbons (Fsp3) is 0.750. The second kappa shape index (κ2) is 7.56. The average Bonchev–Trinajstić information content (AvgIpc) is 3.30. The highest BCUT2D eigenvalue weighted by molar-refractivity contribution is 7.89. The average molecular weight is 414 g/mol. The molecule has 3 amide bonds. The number of carbonyl (C=O) groups is 3. The van der Waals surface area contributed by atoms with Crippen molar-refractivity contribution in [2.45, 2.75) is 49.9 Å². The van der Waals surface area contributed by atoms with Crippen LogP contribution in [0.25, 0.3) is 0 Å². The van der Waals surface area contributed by atoms with Crippen molar-refractivity contribution in [2.75, 3.05) is 19.4 Å². The van der Waals surface area contributed by atoms with Gasteiger partial charge < -0.3 is 14.7 Å². The molecule has 5 atom stereocenters. The Morgan fingerprint density at radius 2 is 2.04 bits per heavy atom. The first kappa shape index (κ1) is 20.3. The van der Waals surface area contributed by atoms with Crippen LogP contribution in [0.15, 0.2) is 0 Å². The number of rotatable bonds is 5. The Morgan fingerprint density at radius 1 is 1.32 bits per heavy atom. The van der Waals surface area contributed by atoms with Crippen LogP contribution >= 0.6 is 0 Å². The number of hydrogen-bond acceptors (Lipinski definition) is 7. The van der Waals surface area contributed by atoms with Gasteiger partial charge in [0.2, 0.25) is 15.9 Å². The van der Waals surface area contributed by atoms with Crippen molar-refractivity contribution in [2.24, 2.45) is 5.92 Å². The first-order valence-corrected chi connectivity index (χ1v) is 10.8. The van der Waals surface area contributed by atoms with Gasteiger partial charge in [-0.25, -0.2) is 13.2 Å². The molecule has 0 aromatic carbocycles. The predicted molar refractivity (Wildman–Crippen MR) is 93.2 cm³/mol. The molecular formula is C16H22N4O7S. The number of likely N-dealkylation sites (tertiary alicyclic amines) is 2. The largest absolute Gasteiger partial charge is 0.465 e. The van der Waals surface area contributed by atoms with E-state index < -0.39 is 52.9 Å². The van der Waals surface area contributed by atoms with E-state index in [1.807, 2.05) is 0 Å². The Morgan fingerprint density at radius 3 is 2.64 bits per heavy atom. The topological polar surface area (TPSA) is 157 Å². The van der Waals surface area contributed by atoms with Crippen LogP contribution < -0.4 is 4.72 Å². The number of carboxylic acid groups (broad SMARTS) is 1. The highest BCUT2D eigenvalue weighted by Crippen LogP contribution is 2.45. The summed E-state index contributed by atoms with van der Waals surface area (Å²) in [6, 6.07) is 0.102. The first-order valence-electron chi connectivity index (χ1n) is 8.96. The van der Waals surface area contributed by atoms with Crippen LogP contribution in [-0.2, 0) is 24.3 Å². The van der Waals surface area contributed by atoms with E-state index in [2.05, 4.69) is 6.07 Å². The van der Waals surface area contributed by atoms with E-state index in [1.165, 1.54) is 4.90 Å². The Labute approximate surface area is 162 Å². The second-order valence-corrected chi connectivity index (χ2v) is 9.15. The van der Waals surface area contributed by atoms with Crippen molar-refractivity contribution in [1.82, 2.24) is 14.5 Å². The van der Waals surface area contributed by atoms with Gasteiger partial charge in [-0.05, 0) is 31.6 Å². The zero-order valence-corrected chi connectivity index (χ0v) is 16.1. The molecule has 12 heteroatoms. The summed E-state index contributed by atoms with van der Waals surface area (Å²) in [5.74, 6) is -1.46. The highest BCUT2D eigenvalue weighted by Gasteiger charge is 2.58. The monoisotopic (exact) mass is 414 g/mol. The molecule has 2 aliphatic heterocycles. The van der Waals surface area contributed by atoms with E-state index in [9.17, 15) is 33.2 Å². The number of sulfonamides is 1. The maximum Gasteiger partial charge on any atom is 0.408 e. The number of amides is 3. The SMILES string of the molecule is CS(=O)(=O)NC(=O)CO[C@@H]1C[C@@H]2C[C@H]1N(C(=O)O)[C@@H]2C(=O)N1CCC[C@H]1C#N. The summed E-state index contributed by atoms with van der Waals surface area (Å²) in [5.41, 5.74) is 0. The molecule has 0 radical (unpaired) electrons. The molecule has 3 fully saturated rings. The molecule has 0 aromatic rings. The minimum absolute atomic E-state index is 0.267. The fourth-order valence-corrected chi connectivity index (χ4v) is 4.98. The molecule has 2 heterocycles. The van der Waals surface area contributed by atoms with Gasteiger partial charge in [-0.2, -0.15) is 5.26 Å². The molecule has 0 aromatic heterocycles. The van der Waals surface area contributed by atoms with E-state index in [4.69, 9.17) is 4.74 Å². The first-order chi connectivity index (χ1) is 13.1. The van der Waals surface area contributed by atoms with Crippen LogP contribution in [0, 0.1) is 17.2 Å². The van der Waals surface area contributed by atoms with E-state index in [1.54, 1.807) is 4.72 Å². The van der Waals surface area contributed by atoms with E-state index in [-0.39, 0.29) is 11.8 Å². The normalized spacial score (nSPS) is 31.6. The van der Waals surface area contributed by atoms with Crippen LogP contribution in [-0.4, -0.2) is 84.9 Å². The Bertz CT molecular complexity index is 823. The van der Waals surface area contributed by atoms with Gasteiger partial charge in [0.15, 0.2) is 0 Å². The van der Waals surface area contributed by atoms with Crippen LogP contribution in [0.3, 0.4) is 0 Å². The lowest BCUT2D eigenvalue weighted by Gasteiger charge is -2.38. The van der Waals surface area contributed by atoms with Gasteiger partial charge >= 0.3 is 6.09 Å². The summed E-state index contributed by atoms with van der Waals surface area (Å²) < 4.78 is 29.4. The van der Waals surface area contributed by atoms with Gasteiger partial charge in [0.05, 0.1) is 24.5 Å². The van der Waals surface area contributed by atoms with E-state index >= 15 is 0 Å². The molecule has 3 aliphatic rings. The van der Waals surface area contributed by atoms with Gasteiger partial charge in [0, 0.05) is 6.54 Å². The predicted octanol–water partition coefficient (Wildman–Crippen LogP) is -0.897. The van der Waals surface area contributed by atoms with Gasteiger partial charge in [0.25, 0.3) is 5.91 Å². The van der Waals surface area contributed by atoms with Crippen LogP contribution in [0.2, 0.25) is 0 Å².